The maximum atomic E-state index is 14.9. The Morgan fingerprint density at radius 1 is 0.431 bits per heavy atom. The molecule has 6 aromatic carbocycles. The fourth-order valence-electron chi connectivity index (χ4n) is 7.56. The van der Waals surface area contributed by atoms with E-state index in [4.69, 9.17) is 0 Å². The summed E-state index contributed by atoms with van der Waals surface area (Å²) in [5.41, 5.74) is 9.04. The molecule has 0 N–H and O–H groups in total. The molecule has 2 nitrogen and oxygen atoms in total. The molecule has 0 amide bonds. The van der Waals surface area contributed by atoms with Gasteiger partial charge >= 0.3 is 6.18 Å². The van der Waals surface area contributed by atoms with Crippen molar-refractivity contribution in [3.8, 4) is 22.5 Å². The number of aryl methyl sites for hydroxylation is 1. The lowest BCUT2D eigenvalue weighted by molar-refractivity contribution is -0.137. The molecule has 2 heterocycles. The van der Waals surface area contributed by atoms with Gasteiger partial charge in [-0.15, -0.1) is 0 Å². The van der Waals surface area contributed by atoms with Crippen LogP contribution in [0.15, 0.2) is 121 Å². The molecule has 0 radical (unpaired) electrons. The molecule has 0 aliphatic rings. The molecule has 8 rings (SSSR count). The predicted molar refractivity (Wildman–Crippen MR) is 208 cm³/mol. The zero-order chi connectivity index (χ0) is 36.0. The van der Waals surface area contributed by atoms with E-state index in [1.807, 2.05) is 42.5 Å². The summed E-state index contributed by atoms with van der Waals surface area (Å²) in [6, 6.07) is 39.8. The van der Waals surface area contributed by atoms with Crippen molar-refractivity contribution < 1.29 is 13.2 Å². The number of alkyl halides is 3. The number of rotatable bonds is 3. The molecule has 0 fully saturated rings. The molecule has 0 aliphatic heterocycles. The van der Waals surface area contributed by atoms with E-state index in [0.717, 1.165) is 55.2 Å². The molecular weight excluding hydrogens is 638 g/mol. The first-order chi connectivity index (χ1) is 24.1. The molecule has 0 spiro atoms. The minimum absolute atomic E-state index is 0.00123. The van der Waals surface area contributed by atoms with Crippen LogP contribution >= 0.6 is 0 Å². The Balaban J connectivity index is 1.36. The standard InChI is InChI=1S/C46H41F3N2/c1-28-16-17-29(24-42(28)50-38-14-10-8-12-33(38)35-26-31(44(2,3)4)19-22-40(35)50)30-18-21-37(46(47,48)49)43(25-30)51-39-15-11-9-13-34(39)36-27-32(45(5,6)7)20-23-41(36)51/h8-27H,1-7H3. The molecular formula is C46H41F3N2. The fourth-order valence-corrected chi connectivity index (χ4v) is 7.56. The molecule has 0 aliphatic carbocycles. The van der Waals surface area contributed by atoms with Crippen LogP contribution < -0.4 is 0 Å². The van der Waals surface area contributed by atoms with Crippen molar-refractivity contribution in [2.45, 2.75) is 65.5 Å². The van der Waals surface area contributed by atoms with Gasteiger partial charge in [-0.25, -0.2) is 0 Å². The molecule has 0 unspecified atom stereocenters. The lowest BCUT2D eigenvalue weighted by Gasteiger charge is -2.20. The summed E-state index contributed by atoms with van der Waals surface area (Å²) in [6.07, 6.45) is -4.55. The van der Waals surface area contributed by atoms with Crippen molar-refractivity contribution in [3.05, 3.63) is 144 Å². The van der Waals surface area contributed by atoms with Gasteiger partial charge in [0.05, 0.1) is 33.3 Å². The second kappa shape index (κ2) is 11.4. The van der Waals surface area contributed by atoms with Crippen molar-refractivity contribution in [3.63, 3.8) is 0 Å². The second-order valence-corrected chi connectivity index (χ2v) is 15.9. The predicted octanol–water partition coefficient (Wildman–Crippen LogP) is 13.5. The zero-order valence-corrected chi connectivity index (χ0v) is 30.1. The number of aromatic nitrogens is 2. The van der Waals surface area contributed by atoms with Crippen LogP contribution in [0, 0.1) is 6.92 Å². The number of benzene rings is 6. The molecule has 0 saturated heterocycles. The summed E-state index contributed by atoms with van der Waals surface area (Å²) in [5, 5.41) is 4.22. The summed E-state index contributed by atoms with van der Waals surface area (Å²) >= 11 is 0. The van der Waals surface area contributed by atoms with E-state index in [0.29, 0.717) is 5.56 Å². The van der Waals surface area contributed by atoms with E-state index >= 15 is 0 Å². The lowest BCUT2D eigenvalue weighted by atomic mass is 9.86. The first-order valence-electron chi connectivity index (χ1n) is 17.5. The van der Waals surface area contributed by atoms with Crippen LogP contribution in [0.1, 0.15) is 63.8 Å². The van der Waals surface area contributed by atoms with E-state index in [-0.39, 0.29) is 16.5 Å². The zero-order valence-electron chi connectivity index (χ0n) is 30.1. The first-order valence-corrected chi connectivity index (χ1v) is 17.5. The van der Waals surface area contributed by atoms with Crippen molar-refractivity contribution in [2.24, 2.45) is 0 Å². The highest BCUT2D eigenvalue weighted by Gasteiger charge is 2.35. The van der Waals surface area contributed by atoms with E-state index in [1.165, 1.54) is 22.4 Å². The number of halogens is 3. The molecule has 5 heteroatoms. The lowest BCUT2D eigenvalue weighted by Crippen LogP contribution is -2.12. The number of nitrogens with zero attached hydrogens (tertiary/aromatic N) is 2. The summed E-state index contributed by atoms with van der Waals surface area (Å²) in [4.78, 5) is 0. The van der Waals surface area contributed by atoms with Crippen LogP contribution in [0.3, 0.4) is 0 Å². The summed E-state index contributed by atoms with van der Waals surface area (Å²) in [5.74, 6) is 0. The van der Waals surface area contributed by atoms with E-state index in [1.54, 1.807) is 16.7 Å². The Hall–Kier alpha value is -5.29. The first kappa shape index (κ1) is 32.9. The SMILES string of the molecule is Cc1ccc(-c2ccc(C(F)(F)F)c(-n3c4ccccc4c4cc(C(C)(C)C)ccc43)c2)cc1-n1c2ccccc2c2cc(C(C)(C)C)ccc21. The van der Waals surface area contributed by atoms with Gasteiger partial charge in [0, 0.05) is 27.2 Å². The highest BCUT2D eigenvalue weighted by molar-refractivity contribution is 6.11. The van der Waals surface area contributed by atoms with Gasteiger partial charge < -0.3 is 9.13 Å². The highest BCUT2D eigenvalue weighted by atomic mass is 19.4. The minimum Gasteiger partial charge on any atom is -0.309 e. The van der Waals surface area contributed by atoms with Crippen molar-refractivity contribution >= 4 is 43.6 Å². The molecule has 0 saturated carbocycles. The second-order valence-electron chi connectivity index (χ2n) is 15.9. The summed E-state index contributed by atoms with van der Waals surface area (Å²) in [6.45, 7) is 15.2. The van der Waals surface area contributed by atoms with Crippen LogP contribution in [0.5, 0.6) is 0 Å². The third-order valence-corrected chi connectivity index (χ3v) is 10.4. The average Bonchev–Trinajstić information content (AvgIpc) is 3.59. The Morgan fingerprint density at radius 3 is 1.35 bits per heavy atom. The topological polar surface area (TPSA) is 9.86 Å². The van der Waals surface area contributed by atoms with E-state index in [2.05, 4.69) is 114 Å². The maximum Gasteiger partial charge on any atom is 0.418 e. The average molecular weight is 679 g/mol. The fraction of sp³-hybridized carbons (Fsp3) is 0.217. The Kier molecular flexibility index (Phi) is 7.33. The number of para-hydroxylation sites is 2. The minimum atomic E-state index is -4.55. The smallest absolute Gasteiger partial charge is 0.309 e. The van der Waals surface area contributed by atoms with Gasteiger partial charge in [-0.05, 0) is 100 Å². The van der Waals surface area contributed by atoms with Gasteiger partial charge in [0.15, 0.2) is 0 Å². The van der Waals surface area contributed by atoms with Crippen molar-refractivity contribution in [1.29, 1.82) is 0 Å². The van der Waals surface area contributed by atoms with Crippen molar-refractivity contribution in [1.82, 2.24) is 9.13 Å². The van der Waals surface area contributed by atoms with Gasteiger partial charge in [-0.2, -0.15) is 13.2 Å². The quantitative estimate of drug-likeness (QED) is 0.176. The van der Waals surface area contributed by atoms with Gasteiger partial charge in [-0.3, -0.25) is 0 Å². The molecule has 256 valence electrons. The molecule has 2 aromatic heterocycles. The molecule has 51 heavy (non-hydrogen) atoms. The summed E-state index contributed by atoms with van der Waals surface area (Å²) in [7, 11) is 0. The van der Waals surface area contributed by atoms with Gasteiger partial charge in [0.1, 0.15) is 0 Å². The number of hydrogen-bond acceptors (Lipinski definition) is 0. The van der Waals surface area contributed by atoms with Crippen LogP contribution in [0.4, 0.5) is 13.2 Å². The van der Waals surface area contributed by atoms with Crippen LogP contribution in [-0.2, 0) is 17.0 Å². The molecule has 8 aromatic rings. The van der Waals surface area contributed by atoms with Crippen LogP contribution in [0.2, 0.25) is 0 Å². The molecule has 0 atom stereocenters. The largest absolute Gasteiger partial charge is 0.418 e. The normalized spacial score (nSPS) is 12.9. The maximum absolute atomic E-state index is 14.9. The third kappa shape index (κ3) is 5.42. The Labute approximate surface area is 296 Å². The van der Waals surface area contributed by atoms with Gasteiger partial charge in [-0.1, -0.05) is 108 Å². The highest BCUT2D eigenvalue weighted by Crippen LogP contribution is 2.42. The van der Waals surface area contributed by atoms with Crippen molar-refractivity contribution in [2.75, 3.05) is 0 Å². The monoisotopic (exact) mass is 678 g/mol. The van der Waals surface area contributed by atoms with Crippen LogP contribution in [-0.4, -0.2) is 9.13 Å². The molecule has 0 bridgehead atoms. The Bertz CT molecular complexity index is 2650. The third-order valence-electron chi connectivity index (χ3n) is 10.4. The summed E-state index contributed by atoms with van der Waals surface area (Å²) < 4.78 is 48.7. The van der Waals surface area contributed by atoms with Gasteiger partial charge in [0.25, 0.3) is 0 Å². The number of fused-ring (bicyclic) bond motifs is 6. The van der Waals surface area contributed by atoms with Crippen LogP contribution in [0.25, 0.3) is 66.1 Å². The van der Waals surface area contributed by atoms with E-state index < -0.39 is 11.7 Å². The van der Waals surface area contributed by atoms with E-state index in [9.17, 15) is 13.2 Å². The number of hydrogen-bond donors (Lipinski definition) is 0. The van der Waals surface area contributed by atoms with Gasteiger partial charge in [0.2, 0.25) is 0 Å². The Morgan fingerprint density at radius 2 is 0.863 bits per heavy atom.